The Balaban J connectivity index is 1.92. The van der Waals surface area contributed by atoms with Crippen LogP contribution in [-0.4, -0.2) is 17.3 Å². The van der Waals surface area contributed by atoms with Gasteiger partial charge in [-0.15, -0.1) is 0 Å². The number of aliphatic hydroxyl groups is 1. The predicted octanol–water partition coefficient (Wildman–Crippen LogP) is 3.56. The van der Waals surface area contributed by atoms with Gasteiger partial charge in [0.1, 0.15) is 0 Å². The van der Waals surface area contributed by atoms with Gasteiger partial charge in [-0.25, -0.2) is 0 Å². The zero-order valence-electron chi connectivity index (χ0n) is 12.9. The van der Waals surface area contributed by atoms with E-state index in [0.29, 0.717) is 13.0 Å². The van der Waals surface area contributed by atoms with Crippen molar-refractivity contribution in [3.63, 3.8) is 0 Å². The summed E-state index contributed by atoms with van der Waals surface area (Å²) in [5.41, 5.74) is 0.513. The summed E-state index contributed by atoms with van der Waals surface area (Å²) in [6, 6.07) is 12.3. The van der Waals surface area contributed by atoms with Gasteiger partial charge >= 0.3 is 0 Å². The van der Waals surface area contributed by atoms with Crippen molar-refractivity contribution in [2.75, 3.05) is 6.54 Å². The maximum absolute atomic E-state index is 10.7. The van der Waals surface area contributed by atoms with Gasteiger partial charge < -0.3 is 10.4 Å². The molecular formula is C18H26N2O. The molecule has 0 saturated heterocycles. The van der Waals surface area contributed by atoms with Gasteiger partial charge in [-0.2, -0.15) is 5.26 Å². The fourth-order valence-electron chi connectivity index (χ4n) is 3.20. The maximum Gasteiger partial charge on any atom is 0.0772 e. The third-order valence-electron chi connectivity index (χ3n) is 4.79. The molecule has 1 fully saturated rings. The van der Waals surface area contributed by atoms with Crippen LogP contribution in [0.25, 0.3) is 0 Å². The first kappa shape index (κ1) is 16.0. The van der Waals surface area contributed by atoms with Gasteiger partial charge in [0, 0.05) is 12.6 Å². The van der Waals surface area contributed by atoms with Crippen LogP contribution in [0.15, 0.2) is 30.3 Å². The lowest BCUT2D eigenvalue weighted by Gasteiger charge is -2.37. The summed E-state index contributed by atoms with van der Waals surface area (Å²) < 4.78 is 0. The Morgan fingerprint density at radius 1 is 1.33 bits per heavy atom. The number of rotatable bonds is 6. The fourth-order valence-corrected chi connectivity index (χ4v) is 3.20. The molecule has 1 aliphatic rings. The summed E-state index contributed by atoms with van der Waals surface area (Å²) in [6.45, 7) is 2.80. The van der Waals surface area contributed by atoms with Crippen molar-refractivity contribution < 1.29 is 5.11 Å². The number of hydrogen-bond acceptors (Lipinski definition) is 3. The molecule has 0 aliphatic heterocycles. The van der Waals surface area contributed by atoms with Gasteiger partial charge in [0.05, 0.1) is 18.1 Å². The molecule has 1 saturated carbocycles. The standard InChI is InChI=1S/C18H26N2O/c1-2-15-8-11-18(21,12-9-15)14-20-17(10-13-19)16-6-4-3-5-7-16/h3-7,15,17,20-21H,2,8-12,14H2,1H3. The maximum atomic E-state index is 10.7. The first-order valence-corrected chi connectivity index (χ1v) is 8.04. The predicted molar refractivity (Wildman–Crippen MR) is 84.6 cm³/mol. The van der Waals surface area contributed by atoms with Crippen molar-refractivity contribution in [3.8, 4) is 6.07 Å². The largest absolute Gasteiger partial charge is 0.389 e. The lowest BCUT2D eigenvalue weighted by atomic mass is 9.77. The highest BCUT2D eigenvalue weighted by molar-refractivity contribution is 5.20. The van der Waals surface area contributed by atoms with E-state index in [4.69, 9.17) is 5.26 Å². The summed E-state index contributed by atoms with van der Waals surface area (Å²) in [6.07, 6.45) is 5.60. The van der Waals surface area contributed by atoms with Gasteiger partial charge in [-0.05, 0) is 37.2 Å². The van der Waals surface area contributed by atoms with E-state index in [2.05, 4.69) is 18.3 Å². The van der Waals surface area contributed by atoms with E-state index in [9.17, 15) is 5.11 Å². The van der Waals surface area contributed by atoms with Gasteiger partial charge in [-0.1, -0.05) is 43.7 Å². The molecule has 3 heteroatoms. The minimum absolute atomic E-state index is 0.00382. The van der Waals surface area contributed by atoms with E-state index in [1.807, 2.05) is 30.3 Å². The van der Waals surface area contributed by atoms with E-state index >= 15 is 0 Å². The van der Waals surface area contributed by atoms with Gasteiger partial charge in [0.25, 0.3) is 0 Å². The summed E-state index contributed by atoms with van der Waals surface area (Å²) in [5.74, 6) is 0.773. The van der Waals surface area contributed by atoms with E-state index in [1.165, 1.54) is 6.42 Å². The first-order valence-electron chi connectivity index (χ1n) is 8.04. The molecular weight excluding hydrogens is 260 g/mol. The van der Waals surface area contributed by atoms with Crippen molar-refractivity contribution >= 4 is 0 Å². The van der Waals surface area contributed by atoms with Crippen molar-refractivity contribution in [2.24, 2.45) is 5.92 Å². The molecule has 3 nitrogen and oxygen atoms in total. The molecule has 0 amide bonds. The van der Waals surface area contributed by atoms with Gasteiger partial charge in [-0.3, -0.25) is 0 Å². The van der Waals surface area contributed by atoms with Gasteiger partial charge in [0.2, 0.25) is 0 Å². The number of nitriles is 1. The molecule has 0 radical (unpaired) electrons. The monoisotopic (exact) mass is 286 g/mol. The van der Waals surface area contributed by atoms with Crippen LogP contribution < -0.4 is 5.32 Å². The van der Waals surface area contributed by atoms with Crippen molar-refractivity contribution in [2.45, 2.75) is 57.1 Å². The molecule has 1 atom stereocenters. The third kappa shape index (κ3) is 4.56. The quantitative estimate of drug-likeness (QED) is 0.840. The molecule has 2 rings (SSSR count). The van der Waals surface area contributed by atoms with Crippen LogP contribution in [0, 0.1) is 17.2 Å². The van der Waals surface area contributed by atoms with Crippen molar-refractivity contribution in [1.82, 2.24) is 5.32 Å². The molecule has 0 spiro atoms. The average Bonchev–Trinajstić information content (AvgIpc) is 2.53. The highest BCUT2D eigenvalue weighted by Crippen LogP contribution is 2.33. The SMILES string of the molecule is CCC1CCC(O)(CNC(CC#N)c2ccccc2)CC1. The number of nitrogens with one attached hydrogen (secondary N) is 1. The normalized spacial score (nSPS) is 27.0. The third-order valence-corrected chi connectivity index (χ3v) is 4.79. The number of hydrogen-bond donors (Lipinski definition) is 2. The molecule has 114 valence electrons. The minimum Gasteiger partial charge on any atom is -0.389 e. The molecule has 1 unspecified atom stereocenters. The van der Waals surface area contributed by atoms with Crippen molar-refractivity contribution in [3.05, 3.63) is 35.9 Å². The summed E-state index contributed by atoms with van der Waals surface area (Å²) >= 11 is 0. The van der Waals surface area contributed by atoms with Crippen LogP contribution in [0.1, 0.15) is 57.1 Å². The Morgan fingerprint density at radius 2 is 2.00 bits per heavy atom. The first-order chi connectivity index (χ1) is 10.2. The minimum atomic E-state index is -0.603. The zero-order chi connectivity index (χ0) is 15.1. The van der Waals surface area contributed by atoms with Gasteiger partial charge in [0.15, 0.2) is 0 Å². The number of nitrogens with zero attached hydrogens (tertiary/aromatic N) is 1. The smallest absolute Gasteiger partial charge is 0.0772 e. The molecule has 1 aromatic rings. The van der Waals surface area contributed by atoms with Crippen LogP contribution >= 0.6 is 0 Å². The molecule has 1 aromatic carbocycles. The lowest BCUT2D eigenvalue weighted by Crippen LogP contribution is -2.44. The van der Waals surface area contributed by atoms with E-state index in [-0.39, 0.29) is 6.04 Å². The Labute approximate surface area is 128 Å². The number of benzene rings is 1. The highest BCUT2D eigenvalue weighted by atomic mass is 16.3. The average molecular weight is 286 g/mol. The summed E-state index contributed by atoms with van der Waals surface area (Å²) in [4.78, 5) is 0. The van der Waals surface area contributed by atoms with E-state index in [1.54, 1.807) is 0 Å². The molecule has 21 heavy (non-hydrogen) atoms. The Hall–Kier alpha value is -1.37. The highest BCUT2D eigenvalue weighted by Gasteiger charge is 2.32. The summed E-state index contributed by atoms with van der Waals surface area (Å²) in [5, 5.41) is 23.1. The van der Waals surface area contributed by atoms with Crippen LogP contribution in [-0.2, 0) is 0 Å². The van der Waals surface area contributed by atoms with E-state index < -0.39 is 5.60 Å². The van der Waals surface area contributed by atoms with Crippen molar-refractivity contribution in [1.29, 1.82) is 5.26 Å². The second-order valence-corrected chi connectivity index (χ2v) is 6.28. The van der Waals surface area contributed by atoms with Crippen LogP contribution in [0.3, 0.4) is 0 Å². The lowest BCUT2D eigenvalue weighted by molar-refractivity contribution is -0.0106. The molecule has 2 N–H and O–H groups in total. The van der Waals surface area contributed by atoms with Crippen LogP contribution in [0.2, 0.25) is 0 Å². The molecule has 1 aliphatic carbocycles. The van der Waals surface area contributed by atoms with Crippen LogP contribution in [0.5, 0.6) is 0 Å². The molecule has 0 bridgehead atoms. The molecule has 0 aromatic heterocycles. The zero-order valence-corrected chi connectivity index (χ0v) is 12.9. The summed E-state index contributed by atoms with van der Waals surface area (Å²) in [7, 11) is 0. The van der Waals surface area contributed by atoms with E-state index in [0.717, 1.165) is 37.2 Å². The second-order valence-electron chi connectivity index (χ2n) is 6.28. The Morgan fingerprint density at radius 3 is 2.57 bits per heavy atom. The Bertz CT molecular complexity index is 458. The fraction of sp³-hybridized carbons (Fsp3) is 0.611. The topological polar surface area (TPSA) is 56.0 Å². The van der Waals surface area contributed by atoms with Crippen LogP contribution in [0.4, 0.5) is 0 Å². The Kier molecular flexibility index (Phi) is 5.78. The molecule has 0 heterocycles. The second kappa shape index (κ2) is 7.59.